The highest BCUT2D eigenvalue weighted by molar-refractivity contribution is 9.10. The first-order valence-corrected chi connectivity index (χ1v) is 6.03. The van der Waals surface area contributed by atoms with Crippen molar-refractivity contribution < 1.29 is 9.53 Å². The Kier molecular flexibility index (Phi) is 5.50. The zero-order chi connectivity index (χ0) is 12.7. The number of esters is 1. The van der Waals surface area contributed by atoms with Gasteiger partial charge in [-0.05, 0) is 47.0 Å². The van der Waals surface area contributed by atoms with E-state index in [0.29, 0.717) is 35.2 Å². The maximum absolute atomic E-state index is 11.7. The van der Waals surface area contributed by atoms with Crippen LogP contribution in [-0.2, 0) is 4.74 Å². The van der Waals surface area contributed by atoms with Crippen LogP contribution in [-0.4, -0.2) is 12.6 Å². The minimum absolute atomic E-state index is 0.321. The fourth-order valence-electron chi connectivity index (χ4n) is 1.25. The number of nitrogens with two attached hydrogens (primary N) is 1. The highest BCUT2D eigenvalue weighted by Gasteiger charge is 2.11. The van der Waals surface area contributed by atoms with Gasteiger partial charge in [-0.3, -0.25) is 0 Å². The molecule has 90 valence electrons. The molecule has 17 heavy (non-hydrogen) atoms. The molecule has 0 bridgehead atoms. The van der Waals surface area contributed by atoms with Crippen molar-refractivity contribution in [3.05, 3.63) is 28.2 Å². The summed E-state index contributed by atoms with van der Waals surface area (Å²) < 4.78 is 5.74. The molecule has 0 spiro atoms. The molecule has 0 radical (unpaired) electrons. The Morgan fingerprint density at radius 3 is 2.94 bits per heavy atom. The molecular weight excluding hydrogens is 284 g/mol. The van der Waals surface area contributed by atoms with Gasteiger partial charge in [0.15, 0.2) is 0 Å². The third-order valence-electron chi connectivity index (χ3n) is 2.13. The smallest absolute Gasteiger partial charge is 0.339 e. The lowest BCUT2D eigenvalue weighted by molar-refractivity contribution is 0.0498. The van der Waals surface area contributed by atoms with Gasteiger partial charge in [0.05, 0.1) is 18.2 Å². The quantitative estimate of drug-likeness (QED) is 0.515. The molecule has 0 aliphatic heterocycles. The fourth-order valence-corrected chi connectivity index (χ4v) is 1.66. The third-order valence-corrected chi connectivity index (χ3v) is 2.82. The molecule has 0 atom stereocenters. The van der Waals surface area contributed by atoms with Crippen LogP contribution < -0.4 is 5.73 Å². The van der Waals surface area contributed by atoms with E-state index in [9.17, 15) is 4.79 Å². The minimum atomic E-state index is -0.402. The molecule has 0 saturated carbocycles. The molecule has 1 aromatic rings. The van der Waals surface area contributed by atoms with Crippen LogP contribution in [0, 0.1) is 11.3 Å². The van der Waals surface area contributed by atoms with Gasteiger partial charge >= 0.3 is 5.97 Å². The summed E-state index contributed by atoms with van der Waals surface area (Å²) in [6.45, 7) is 0.321. The number of rotatable bonds is 5. The fraction of sp³-hybridized carbons (Fsp3) is 0.333. The van der Waals surface area contributed by atoms with Crippen LogP contribution in [0.1, 0.15) is 29.6 Å². The maximum Gasteiger partial charge on any atom is 0.339 e. The van der Waals surface area contributed by atoms with Gasteiger partial charge in [0.2, 0.25) is 0 Å². The number of halogens is 1. The van der Waals surface area contributed by atoms with Gasteiger partial charge < -0.3 is 10.5 Å². The number of anilines is 1. The van der Waals surface area contributed by atoms with Gasteiger partial charge in [0, 0.05) is 16.6 Å². The number of carbonyl (C=O) groups excluding carboxylic acids is 1. The monoisotopic (exact) mass is 296 g/mol. The molecule has 0 aliphatic carbocycles. The summed E-state index contributed by atoms with van der Waals surface area (Å²) in [6, 6.07) is 7.02. The van der Waals surface area contributed by atoms with Crippen LogP contribution in [0.25, 0.3) is 0 Å². The number of hydrogen-bond donors (Lipinski definition) is 1. The van der Waals surface area contributed by atoms with Crippen molar-refractivity contribution in [2.75, 3.05) is 12.3 Å². The average molecular weight is 297 g/mol. The van der Waals surface area contributed by atoms with E-state index in [1.165, 1.54) is 0 Å². The number of unbranched alkanes of at least 4 members (excludes halogenated alkanes) is 2. The Morgan fingerprint density at radius 2 is 2.24 bits per heavy atom. The lowest BCUT2D eigenvalue weighted by Crippen LogP contribution is -2.07. The molecule has 0 aromatic heterocycles. The summed E-state index contributed by atoms with van der Waals surface area (Å²) in [6.07, 6.45) is 1.92. The van der Waals surface area contributed by atoms with Gasteiger partial charge in [0.25, 0.3) is 0 Å². The van der Waals surface area contributed by atoms with Crippen molar-refractivity contribution in [3.63, 3.8) is 0 Å². The molecule has 4 nitrogen and oxygen atoms in total. The summed E-state index contributed by atoms with van der Waals surface area (Å²) in [4.78, 5) is 11.7. The zero-order valence-corrected chi connectivity index (χ0v) is 10.9. The van der Waals surface area contributed by atoms with E-state index < -0.39 is 5.97 Å². The minimum Gasteiger partial charge on any atom is -0.462 e. The van der Waals surface area contributed by atoms with E-state index in [2.05, 4.69) is 15.9 Å². The normalized spacial score (nSPS) is 9.65. The Morgan fingerprint density at radius 1 is 1.47 bits per heavy atom. The van der Waals surface area contributed by atoms with Gasteiger partial charge in [-0.2, -0.15) is 5.26 Å². The summed E-state index contributed by atoms with van der Waals surface area (Å²) >= 11 is 3.27. The topological polar surface area (TPSA) is 76.1 Å². The predicted octanol–water partition coefficient (Wildman–Crippen LogP) is 2.88. The number of nitrogens with zero attached hydrogens (tertiary/aromatic N) is 1. The summed E-state index contributed by atoms with van der Waals surface area (Å²) in [5.41, 5.74) is 6.53. The second-order valence-electron chi connectivity index (χ2n) is 3.49. The second kappa shape index (κ2) is 6.92. The van der Waals surface area contributed by atoms with Gasteiger partial charge in [-0.15, -0.1) is 0 Å². The number of nitriles is 1. The number of hydrogen-bond acceptors (Lipinski definition) is 4. The first-order valence-electron chi connectivity index (χ1n) is 5.24. The van der Waals surface area contributed by atoms with E-state index in [1.807, 2.05) is 6.07 Å². The van der Waals surface area contributed by atoms with Crippen molar-refractivity contribution in [1.82, 2.24) is 0 Å². The first-order chi connectivity index (χ1) is 8.15. The Balaban J connectivity index is 2.47. The van der Waals surface area contributed by atoms with Gasteiger partial charge in [0.1, 0.15) is 0 Å². The van der Waals surface area contributed by atoms with E-state index in [0.717, 1.165) is 6.42 Å². The number of carbonyl (C=O) groups is 1. The van der Waals surface area contributed by atoms with Crippen LogP contribution in [0.4, 0.5) is 5.69 Å². The third kappa shape index (κ3) is 4.45. The molecule has 0 heterocycles. The maximum atomic E-state index is 11.7. The molecule has 0 fully saturated rings. The van der Waals surface area contributed by atoms with E-state index >= 15 is 0 Å². The Bertz CT molecular complexity index is 441. The van der Waals surface area contributed by atoms with Crippen molar-refractivity contribution in [3.8, 4) is 6.07 Å². The summed E-state index contributed by atoms with van der Waals surface area (Å²) in [5.74, 6) is -0.402. The van der Waals surface area contributed by atoms with E-state index in [1.54, 1.807) is 18.2 Å². The van der Waals surface area contributed by atoms with Crippen molar-refractivity contribution in [2.24, 2.45) is 0 Å². The lowest BCUT2D eigenvalue weighted by atomic mass is 10.2. The SMILES string of the molecule is N#CCCCCOC(=O)c1cc(N)ccc1Br. The van der Waals surface area contributed by atoms with Crippen molar-refractivity contribution in [1.29, 1.82) is 5.26 Å². The molecule has 0 aliphatic rings. The summed E-state index contributed by atoms with van der Waals surface area (Å²) in [5, 5.41) is 8.34. The summed E-state index contributed by atoms with van der Waals surface area (Å²) in [7, 11) is 0. The Labute approximate surface area is 108 Å². The van der Waals surface area contributed by atoms with Gasteiger partial charge in [-0.1, -0.05) is 0 Å². The molecule has 2 N–H and O–H groups in total. The molecule has 0 unspecified atom stereocenters. The highest BCUT2D eigenvalue weighted by atomic mass is 79.9. The molecule has 1 aromatic carbocycles. The zero-order valence-electron chi connectivity index (χ0n) is 9.28. The van der Waals surface area contributed by atoms with Crippen LogP contribution >= 0.6 is 15.9 Å². The van der Waals surface area contributed by atoms with Crippen LogP contribution in [0.5, 0.6) is 0 Å². The number of nitrogen functional groups attached to an aromatic ring is 1. The standard InChI is InChI=1S/C12H13BrN2O2/c13-11-5-4-9(15)8-10(11)12(16)17-7-3-1-2-6-14/h4-5,8H,1-3,7,15H2. The van der Waals surface area contributed by atoms with Crippen molar-refractivity contribution in [2.45, 2.75) is 19.3 Å². The molecular formula is C12H13BrN2O2. The predicted molar refractivity (Wildman–Crippen MR) is 68.3 cm³/mol. The first kappa shape index (κ1) is 13.5. The largest absolute Gasteiger partial charge is 0.462 e. The second-order valence-corrected chi connectivity index (χ2v) is 4.34. The molecule has 0 saturated heterocycles. The van der Waals surface area contributed by atoms with Crippen LogP contribution in [0.15, 0.2) is 22.7 Å². The number of ether oxygens (including phenoxy) is 1. The van der Waals surface area contributed by atoms with Crippen LogP contribution in [0.2, 0.25) is 0 Å². The molecule has 1 rings (SSSR count). The Hall–Kier alpha value is -1.54. The van der Waals surface area contributed by atoms with Crippen molar-refractivity contribution >= 4 is 27.6 Å². The number of benzene rings is 1. The molecule has 5 heteroatoms. The van der Waals surface area contributed by atoms with Crippen LogP contribution in [0.3, 0.4) is 0 Å². The van der Waals surface area contributed by atoms with E-state index in [4.69, 9.17) is 15.7 Å². The average Bonchev–Trinajstić information content (AvgIpc) is 2.32. The lowest BCUT2D eigenvalue weighted by Gasteiger charge is -2.06. The highest BCUT2D eigenvalue weighted by Crippen LogP contribution is 2.20. The van der Waals surface area contributed by atoms with E-state index in [-0.39, 0.29) is 0 Å². The molecule has 0 amide bonds. The van der Waals surface area contributed by atoms with Gasteiger partial charge in [-0.25, -0.2) is 4.79 Å².